The molecule has 0 bridgehead atoms. The molecule has 7 nitrogen and oxygen atoms in total. The zero-order chi connectivity index (χ0) is 14.2. The minimum Gasteiger partial charge on any atom is -0.505 e. The van der Waals surface area contributed by atoms with Gasteiger partial charge in [0.25, 0.3) is 5.91 Å². The first-order valence-electron chi connectivity index (χ1n) is 5.77. The molecule has 6 N–H and O–H groups in total. The van der Waals surface area contributed by atoms with Gasteiger partial charge in [-0.15, -0.1) is 0 Å². The third-order valence-corrected chi connectivity index (χ3v) is 3.17. The smallest absolute Gasteiger partial charge is 0.258 e. The number of aliphatic hydroxyl groups excluding tert-OH is 1. The van der Waals surface area contributed by atoms with Crippen molar-refractivity contribution >= 4 is 17.5 Å². The lowest BCUT2D eigenvalue weighted by Gasteiger charge is -2.22. The molecule has 1 saturated heterocycles. The summed E-state index contributed by atoms with van der Waals surface area (Å²) in [5.41, 5.74) is 10.8. The number of carbonyl (C=O) groups excluding carboxylic acids is 2. The minimum atomic E-state index is -0.872. The van der Waals surface area contributed by atoms with E-state index in [0.29, 0.717) is 0 Å². The summed E-state index contributed by atoms with van der Waals surface area (Å²) in [5.74, 6) is -1.60. The fraction of sp³-hybridized carbons (Fsp3) is 0.333. The highest BCUT2D eigenvalue weighted by Gasteiger charge is 2.38. The third kappa shape index (κ3) is 2.32. The number of β-amino-alcohol motifs (C(OH)–C–C–N with tert-alkyl or cyclic N) is 1. The first-order valence-corrected chi connectivity index (χ1v) is 5.77. The Bertz CT molecular complexity index is 532. The number of hydrogen-bond donors (Lipinski definition) is 4. The molecule has 19 heavy (non-hydrogen) atoms. The summed E-state index contributed by atoms with van der Waals surface area (Å²) in [6, 6.07) is 3.50. The van der Waals surface area contributed by atoms with Gasteiger partial charge in [-0.05, 0) is 12.1 Å². The van der Waals surface area contributed by atoms with Crippen LogP contribution in [0, 0.1) is 0 Å². The summed E-state index contributed by atoms with van der Waals surface area (Å²) < 4.78 is 0. The Morgan fingerprint density at radius 3 is 2.68 bits per heavy atom. The third-order valence-electron chi connectivity index (χ3n) is 3.17. The van der Waals surface area contributed by atoms with Crippen molar-refractivity contribution < 1.29 is 19.8 Å². The molecule has 102 valence electrons. The number of rotatable bonds is 2. The van der Waals surface area contributed by atoms with Gasteiger partial charge in [0.1, 0.15) is 6.04 Å². The van der Waals surface area contributed by atoms with Gasteiger partial charge >= 0.3 is 0 Å². The molecule has 2 amide bonds. The molecule has 7 heteroatoms. The zero-order valence-corrected chi connectivity index (χ0v) is 10.1. The number of para-hydroxylation sites is 1. The summed E-state index contributed by atoms with van der Waals surface area (Å²) in [4.78, 5) is 24.7. The molecule has 0 aliphatic carbocycles. The second-order valence-corrected chi connectivity index (χ2v) is 4.51. The van der Waals surface area contributed by atoms with E-state index in [2.05, 4.69) is 0 Å². The highest BCUT2D eigenvalue weighted by Crippen LogP contribution is 2.28. The molecule has 1 aromatic rings. The fourth-order valence-corrected chi connectivity index (χ4v) is 2.20. The molecule has 1 heterocycles. The molecular formula is C12H15N3O4. The van der Waals surface area contributed by atoms with Gasteiger partial charge < -0.3 is 26.6 Å². The monoisotopic (exact) mass is 265 g/mol. The molecule has 2 atom stereocenters. The van der Waals surface area contributed by atoms with Crippen LogP contribution >= 0.6 is 0 Å². The van der Waals surface area contributed by atoms with E-state index in [1.165, 1.54) is 18.2 Å². The lowest BCUT2D eigenvalue weighted by atomic mass is 10.1. The Kier molecular flexibility index (Phi) is 3.30. The number of aliphatic hydroxyl groups is 1. The van der Waals surface area contributed by atoms with Crippen LogP contribution in [0.3, 0.4) is 0 Å². The molecule has 0 radical (unpaired) electrons. The minimum absolute atomic E-state index is 0.000674. The lowest BCUT2D eigenvalue weighted by Crippen LogP contribution is -2.43. The molecule has 0 aromatic heterocycles. The Morgan fingerprint density at radius 1 is 1.37 bits per heavy atom. The van der Waals surface area contributed by atoms with E-state index in [4.69, 9.17) is 11.5 Å². The summed E-state index contributed by atoms with van der Waals surface area (Å²) in [6.07, 6.45) is -0.700. The highest BCUT2D eigenvalue weighted by molar-refractivity contribution is 6.01. The van der Waals surface area contributed by atoms with E-state index >= 15 is 0 Å². The number of nitrogen functional groups attached to an aromatic ring is 1. The number of aromatic hydroxyl groups is 1. The van der Waals surface area contributed by atoms with Crippen LogP contribution < -0.4 is 11.5 Å². The van der Waals surface area contributed by atoms with Crippen LogP contribution in [-0.2, 0) is 4.79 Å². The Hall–Kier alpha value is -2.28. The van der Waals surface area contributed by atoms with Crippen LogP contribution in [0.25, 0.3) is 0 Å². The van der Waals surface area contributed by atoms with E-state index in [1.54, 1.807) is 0 Å². The van der Waals surface area contributed by atoms with E-state index in [-0.39, 0.29) is 30.0 Å². The lowest BCUT2D eigenvalue weighted by molar-refractivity contribution is -0.121. The van der Waals surface area contributed by atoms with E-state index in [1.807, 2.05) is 0 Å². The molecule has 0 saturated carbocycles. The fourth-order valence-electron chi connectivity index (χ4n) is 2.20. The second-order valence-electron chi connectivity index (χ2n) is 4.51. The van der Waals surface area contributed by atoms with Crippen molar-refractivity contribution in [2.24, 2.45) is 5.73 Å². The van der Waals surface area contributed by atoms with Gasteiger partial charge in [0, 0.05) is 13.0 Å². The van der Waals surface area contributed by atoms with E-state index in [0.717, 1.165) is 4.90 Å². The number of phenols is 1. The number of likely N-dealkylation sites (tertiary alicyclic amines) is 1. The van der Waals surface area contributed by atoms with Crippen molar-refractivity contribution in [3.05, 3.63) is 23.8 Å². The first kappa shape index (κ1) is 13.2. The summed E-state index contributed by atoms with van der Waals surface area (Å²) in [6.45, 7) is 0.000674. The average molecular weight is 265 g/mol. The number of anilines is 1. The van der Waals surface area contributed by atoms with Gasteiger partial charge in [-0.2, -0.15) is 0 Å². The van der Waals surface area contributed by atoms with E-state index in [9.17, 15) is 19.8 Å². The second kappa shape index (κ2) is 4.77. The zero-order valence-electron chi connectivity index (χ0n) is 10.1. The van der Waals surface area contributed by atoms with Crippen LogP contribution in [0.1, 0.15) is 16.8 Å². The summed E-state index contributed by atoms with van der Waals surface area (Å²) in [7, 11) is 0. The van der Waals surface area contributed by atoms with Crippen LogP contribution in [-0.4, -0.2) is 45.6 Å². The van der Waals surface area contributed by atoms with Gasteiger partial charge in [0.05, 0.1) is 17.4 Å². The number of carbonyl (C=O) groups is 2. The van der Waals surface area contributed by atoms with Gasteiger partial charge in [-0.25, -0.2) is 0 Å². The number of nitrogens with zero attached hydrogens (tertiary/aromatic N) is 1. The van der Waals surface area contributed by atoms with Crippen molar-refractivity contribution in [1.82, 2.24) is 4.90 Å². The quantitative estimate of drug-likeness (QED) is 0.404. The summed E-state index contributed by atoms with van der Waals surface area (Å²) >= 11 is 0. The predicted octanol–water partition coefficient (Wildman–Crippen LogP) is -0.965. The van der Waals surface area contributed by atoms with Crippen LogP contribution in [0.2, 0.25) is 0 Å². The molecule has 2 rings (SSSR count). The van der Waals surface area contributed by atoms with Gasteiger partial charge in [-0.1, -0.05) is 6.07 Å². The van der Waals surface area contributed by atoms with Crippen molar-refractivity contribution in [2.45, 2.75) is 18.6 Å². The maximum Gasteiger partial charge on any atom is 0.258 e. The number of nitrogens with two attached hydrogens (primary N) is 2. The molecule has 1 fully saturated rings. The SMILES string of the molecule is NC(=O)C1CC(O)CN1C(=O)c1cccc(N)c1O. The van der Waals surface area contributed by atoms with Gasteiger partial charge in [0.15, 0.2) is 5.75 Å². The van der Waals surface area contributed by atoms with Crippen molar-refractivity contribution in [3.63, 3.8) is 0 Å². The Labute approximate surface area is 109 Å². The normalized spacial score (nSPS) is 22.5. The average Bonchev–Trinajstić information content (AvgIpc) is 2.74. The first-order chi connectivity index (χ1) is 8.91. The molecule has 1 aromatic carbocycles. The van der Waals surface area contributed by atoms with Crippen molar-refractivity contribution in [1.29, 1.82) is 0 Å². The topological polar surface area (TPSA) is 130 Å². The molecule has 2 unspecified atom stereocenters. The predicted molar refractivity (Wildman–Crippen MR) is 67.2 cm³/mol. The molecular weight excluding hydrogens is 250 g/mol. The largest absolute Gasteiger partial charge is 0.505 e. The molecule has 1 aliphatic rings. The van der Waals surface area contributed by atoms with Crippen LogP contribution in [0.4, 0.5) is 5.69 Å². The van der Waals surface area contributed by atoms with Crippen LogP contribution in [0.5, 0.6) is 5.75 Å². The summed E-state index contributed by atoms with van der Waals surface area (Å²) in [5, 5.41) is 19.3. The Morgan fingerprint density at radius 2 is 2.05 bits per heavy atom. The van der Waals surface area contributed by atoms with Crippen molar-refractivity contribution in [3.8, 4) is 5.75 Å². The number of benzene rings is 1. The van der Waals surface area contributed by atoms with Gasteiger partial charge in [-0.3, -0.25) is 9.59 Å². The number of primary amides is 1. The highest BCUT2D eigenvalue weighted by atomic mass is 16.3. The van der Waals surface area contributed by atoms with E-state index < -0.39 is 24.0 Å². The molecule has 0 spiro atoms. The maximum absolute atomic E-state index is 12.3. The number of hydrogen-bond acceptors (Lipinski definition) is 5. The number of amides is 2. The maximum atomic E-state index is 12.3. The van der Waals surface area contributed by atoms with Crippen LogP contribution in [0.15, 0.2) is 18.2 Å². The molecule has 1 aliphatic heterocycles. The standard InChI is InChI=1S/C12H15N3O4/c13-8-3-1-2-7(10(8)17)12(19)15-5-6(16)4-9(15)11(14)18/h1-3,6,9,16-17H,4-5,13H2,(H2,14,18). The van der Waals surface area contributed by atoms with Gasteiger partial charge in [0.2, 0.25) is 5.91 Å². The van der Waals surface area contributed by atoms with Crippen molar-refractivity contribution in [2.75, 3.05) is 12.3 Å². The number of phenolic OH excluding ortho intramolecular Hbond substituents is 1. The Balaban J connectivity index is 2.33.